The molecule has 0 saturated heterocycles. The number of thioether (sulfide) groups is 1. The zero-order chi connectivity index (χ0) is 26.9. The van der Waals surface area contributed by atoms with Gasteiger partial charge in [0.15, 0.2) is 0 Å². The van der Waals surface area contributed by atoms with Crippen molar-refractivity contribution in [2.45, 2.75) is 51.8 Å². The van der Waals surface area contributed by atoms with Crippen molar-refractivity contribution in [1.82, 2.24) is 10.2 Å². The fraction of sp³-hybridized carbons (Fsp3) is 0.393. The zero-order valence-electron chi connectivity index (χ0n) is 21.8. The van der Waals surface area contributed by atoms with E-state index in [-0.39, 0.29) is 5.91 Å². The standard InChI is InChI=1S/C28H35N3O4S/c1-8-20-13-15-21(16-14-20)24(25(32)29-22-12-10-9-11-19(22)2)31(6)26(33)23(17-18-36-7)30-27(34)35-28(3,4)5/h1,9-16,23-24H,17-18H2,2-7H3,(H,29,32)(H,30,34). The van der Waals surface area contributed by atoms with Gasteiger partial charge < -0.3 is 20.3 Å². The molecular formula is C28H35N3O4S. The number of benzene rings is 2. The molecule has 2 aromatic carbocycles. The summed E-state index contributed by atoms with van der Waals surface area (Å²) in [7, 11) is 1.56. The second kappa shape index (κ2) is 13.0. The summed E-state index contributed by atoms with van der Waals surface area (Å²) in [5.74, 6) is 2.41. The normalized spacial score (nSPS) is 12.6. The number of likely N-dealkylation sites (N-methyl/N-ethyl adjacent to an activating group) is 1. The number of alkyl carbamates (subject to hydrolysis) is 1. The molecule has 192 valence electrons. The van der Waals surface area contributed by atoms with E-state index in [9.17, 15) is 14.4 Å². The van der Waals surface area contributed by atoms with Crippen molar-refractivity contribution in [3.8, 4) is 12.3 Å². The third kappa shape index (κ3) is 8.35. The van der Waals surface area contributed by atoms with Gasteiger partial charge in [0.1, 0.15) is 17.7 Å². The summed E-state index contributed by atoms with van der Waals surface area (Å²) in [4.78, 5) is 41.0. The van der Waals surface area contributed by atoms with Crippen LogP contribution in [0.5, 0.6) is 0 Å². The number of anilines is 1. The maximum absolute atomic E-state index is 13.6. The molecule has 2 unspecified atom stereocenters. The molecule has 2 N–H and O–H groups in total. The smallest absolute Gasteiger partial charge is 0.408 e. The molecule has 0 aliphatic carbocycles. The predicted octanol–water partition coefficient (Wildman–Crippen LogP) is 4.76. The van der Waals surface area contributed by atoms with Crippen molar-refractivity contribution >= 4 is 35.4 Å². The van der Waals surface area contributed by atoms with Crippen LogP contribution >= 0.6 is 11.8 Å². The van der Waals surface area contributed by atoms with Crippen LogP contribution in [0.1, 0.15) is 49.9 Å². The highest BCUT2D eigenvalue weighted by Crippen LogP contribution is 2.25. The number of rotatable bonds is 9. The van der Waals surface area contributed by atoms with Gasteiger partial charge in [-0.1, -0.05) is 36.3 Å². The molecule has 2 aromatic rings. The lowest BCUT2D eigenvalue weighted by molar-refractivity contribution is -0.139. The van der Waals surface area contributed by atoms with Crippen LogP contribution < -0.4 is 10.6 Å². The summed E-state index contributed by atoms with van der Waals surface area (Å²) in [6.45, 7) is 7.15. The first-order chi connectivity index (χ1) is 17.0. The van der Waals surface area contributed by atoms with Crippen molar-refractivity contribution in [3.05, 3.63) is 65.2 Å². The highest BCUT2D eigenvalue weighted by Gasteiger charge is 2.34. The highest BCUT2D eigenvalue weighted by molar-refractivity contribution is 7.98. The van der Waals surface area contributed by atoms with Gasteiger partial charge in [0.2, 0.25) is 5.91 Å². The van der Waals surface area contributed by atoms with Gasteiger partial charge in [0.25, 0.3) is 5.91 Å². The van der Waals surface area contributed by atoms with Crippen LogP contribution in [0, 0.1) is 19.3 Å². The van der Waals surface area contributed by atoms with E-state index in [0.29, 0.717) is 29.0 Å². The molecular weight excluding hydrogens is 474 g/mol. The molecule has 3 amide bonds. The van der Waals surface area contributed by atoms with Gasteiger partial charge in [-0.15, -0.1) is 6.42 Å². The molecule has 0 aliphatic heterocycles. The molecule has 2 atom stereocenters. The third-order valence-electron chi connectivity index (χ3n) is 5.38. The summed E-state index contributed by atoms with van der Waals surface area (Å²) in [6, 6.07) is 12.5. The van der Waals surface area contributed by atoms with E-state index >= 15 is 0 Å². The van der Waals surface area contributed by atoms with Crippen molar-refractivity contribution in [2.24, 2.45) is 0 Å². The predicted molar refractivity (Wildman–Crippen MR) is 146 cm³/mol. The number of para-hydroxylation sites is 1. The molecule has 0 spiro atoms. The van der Waals surface area contributed by atoms with Gasteiger partial charge >= 0.3 is 6.09 Å². The molecule has 7 nitrogen and oxygen atoms in total. The average molecular weight is 510 g/mol. The number of carbonyl (C=O) groups excluding carboxylic acids is 3. The zero-order valence-corrected chi connectivity index (χ0v) is 22.6. The summed E-state index contributed by atoms with van der Waals surface area (Å²) in [5, 5.41) is 5.63. The maximum atomic E-state index is 13.6. The van der Waals surface area contributed by atoms with Crippen LogP contribution in [0.15, 0.2) is 48.5 Å². The van der Waals surface area contributed by atoms with Gasteiger partial charge in [0.05, 0.1) is 0 Å². The SMILES string of the molecule is C#Cc1ccc(C(C(=O)Nc2ccccc2C)N(C)C(=O)C(CCSC)NC(=O)OC(C)(C)C)cc1. The second-order valence-electron chi connectivity index (χ2n) is 9.40. The Morgan fingerprint density at radius 3 is 2.31 bits per heavy atom. The molecule has 2 rings (SSSR count). The summed E-state index contributed by atoms with van der Waals surface area (Å²) >= 11 is 1.56. The Balaban J connectivity index is 2.39. The Morgan fingerprint density at radius 2 is 1.75 bits per heavy atom. The highest BCUT2D eigenvalue weighted by atomic mass is 32.2. The number of nitrogens with one attached hydrogen (secondary N) is 2. The van der Waals surface area contributed by atoms with E-state index in [2.05, 4.69) is 16.6 Å². The van der Waals surface area contributed by atoms with Crippen LogP contribution in [0.25, 0.3) is 0 Å². The van der Waals surface area contributed by atoms with Crippen molar-refractivity contribution in [3.63, 3.8) is 0 Å². The number of ether oxygens (including phenoxy) is 1. The number of amides is 3. The number of terminal acetylenes is 1. The first-order valence-electron chi connectivity index (χ1n) is 11.6. The van der Waals surface area contributed by atoms with E-state index in [4.69, 9.17) is 11.2 Å². The first-order valence-corrected chi connectivity index (χ1v) is 13.0. The minimum absolute atomic E-state index is 0.380. The summed E-state index contributed by atoms with van der Waals surface area (Å²) < 4.78 is 5.36. The van der Waals surface area contributed by atoms with E-state index in [1.165, 1.54) is 4.90 Å². The molecule has 8 heteroatoms. The number of hydrogen-bond donors (Lipinski definition) is 2. The lowest BCUT2D eigenvalue weighted by Gasteiger charge is -2.31. The van der Waals surface area contributed by atoms with Gasteiger partial charge in [-0.3, -0.25) is 9.59 Å². The Bertz CT molecular complexity index is 1100. The quantitative estimate of drug-likeness (QED) is 0.476. The molecule has 0 fully saturated rings. The van der Waals surface area contributed by atoms with Crippen molar-refractivity contribution in [2.75, 3.05) is 24.4 Å². The first kappa shape index (κ1) is 28.8. The van der Waals surface area contributed by atoms with Crippen LogP contribution in [-0.4, -0.2) is 53.5 Å². The van der Waals surface area contributed by atoms with Gasteiger partial charge in [-0.2, -0.15) is 11.8 Å². The summed E-state index contributed by atoms with van der Waals surface area (Å²) in [5.41, 5.74) is 2.09. The molecule has 0 heterocycles. The molecule has 0 aromatic heterocycles. The molecule has 0 bridgehead atoms. The van der Waals surface area contributed by atoms with Crippen LogP contribution in [-0.2, 0) is 14.3 Å². The van der Waals surface area contributed by atoms with Crippen LogP contribution in [0.3, 0.4) is 0 Å². The third-order valence-corrected chi connectivity index (χ3v) is 6.02. The fourth-order valence-electron chi connectivity index (χ4n) is 3.54. The van der Waals surface area contributed by atoms with Gasteiger partial charge in [-0.05, 0) is 75.5 Å². The fourth-order valence-corrected chi connectivity index (χ4v) is 4.01. The molecule has 0 aliphatic rings. The number of hydrogen-bond acceptors (Lipinski definition) is 5. The minimum Gasteiger partial charge on any atom is -0.444 e. The lowest BCUT2D eigenvalue weighted by atomic mass is 10.0. The monoisotopic (exact) mass is 509 g/mol. The van der Waals surface area contributed by atoms with Gasteiger partial charge in [0, 0.05) is 18.3 Å². The number of aryl methyl sites for hydroxylation is 1. The average Bonchev–Trinajstić information content (AvgIpc) is 2.82. The minimum atomic E-state index is -0.957. The Hall–Kier alpha value is -3.44. The summed E-state index contributed by atoms with van der Waals surface area (Å²) in [6.07, 6.45) is 7.11. The van der Waals surface area contributed by atoms with E-state index in [1.54, 1.807) is 69.9 Å². The Morgan fingerprint density at radius 1 is 1.11 bits per heavy atom. The molecule has 0 radical (unpaired) electrons. The van der Waals surface area contributed by atoms with Crippen molar-refractivity contribution < 1.29 is 19.1 Å². The van der Waals surface area contributed by atoms with Crippen LogP contribution in [0.2, 0.25) is 0 Å². The molecule has 36 heavy (non-hydrogen) atoms. The Labute approximate surface area is 218 Å². The van der Waals surface area contributed by atoms with E-state index in [0.717, 1.165) is 5.56 Å². The van der Waals surface area contributed by atoms with Gasteiger partial charge in [-0.25, -0.2) is 4.79 Å². The van der Waals surface area contributed by atoms with Crippen LogP contribution in [0.4, 0.5) is 10.5 Å². The van der Waals surface area contributed by atoms with Crippen molar-refractivity contribution in [1.29, 1.82) is 0 Å². The second-order valence-corrected chi connectivity index (χ2v) is 10.4. The number of carbonyl (C=O) groups is 3. The Kier molecular flexibility index (Phi) is 10.4. The largest absolute Gasteiger partial charge is 0.444 e. The van der Waals surface area contributed by atoms with E-state index < -0.39 is 29.7 Å². The number of nitrogens with zero attached hydrogens (tertiary/aromatic N) is 1. The topological polar surface area (TPSA) is 87.7 Å². The maximum Gasteiger partial charge on any atom is 0.408 e. The van der Waals surface area contributed by atoms with E-state index in [1.807, 2.05) is 31.4 Å². The molecule has 0 saturated carbocycles. The lowest BCUT2D eigenvalue weighted by Crippen LogP contribution is -2.51.